The van der Waals surface area contributed by atoms with Crippen LogP contribution in [-0.4, -0.2) is 47.5 Å². The van der Waals surface area contributed by atoms with E-state index in [9.17, 15) is 13.2 Å². The van der Waals surface area contributed by atoms with Gasteiger partial charge in [-0.15, -0.1) is 0 Å². The fourth-order valence-electron chi connectivity index (χ4n) is 3.59. The largest absolute Gasteiger partial charge is 0.348 e. The predicted molar refractivity (Wildman–Crippen MR) is 127 cm³/mol. The summed E-state index contributed by atoms with van der Waals surface area (Å²) in [4.78, 5) is 18.2. The number of nitrogens with zero attached hydrogens (tertiary/aromatic N) is 4. The molecule has 9 heteroatoms. The van der Waals surface area contributed by atoms with Crippen molar-refractivity contribution in [2.75, 3.05) is 14.1 Å². The van der Waals surface area contributed by atoms with Crippen LogP contribution in [0.2, 0.25) is 0 Å². The van der Waals surface area contributed by atoms with Crippen LogP contribution in [0.3, 0.4) is 0 Å². The molecule has 8 nitrogen and oxygen atoms in total. The van der Waals surface area contributed by atoms with E-state index in [0.717, 1.165) is 9.87 Å². The van der Waals surface area contributed by atoms with Gasteiger partial charge in [-0.1, -0.05) is 48.5 Å². The maximum Gasteiger partial charge on any atom is 0.252 e. The molecule has 0 fully saturated rings. The third kappa shape index (κ3) is 4.37. The van der Waals surface area contributed by atoms with Gasteiger partial charge in [0.15, 0.2) is 5.65 Å². The second-order valence-corrected chi connectivity index (χ2v) is 9.82. The maximum atomic E-state index is 13.3. The second-order valence-electron chi connectivity index (χ2n) is 7.70. The van der Waals surface area contributed by atoms with Crippen molar-refractivity contribution in [3.63, 3.8) is 0 Å². The summed E-state index contributed by atoms with van der Waals surface area (Å²) in [5.41, 5.74) is 3.13. The number of aryl methyl sites for hydroxylation is 1. The van der Waals surface area contributed by atoms with E-state index in [4.69, 9.17) is 4.98 Å². The van der Waals surface area contributed by atoms with Gasteiger partial charge in [0.25, 0.3) is 5.91 Å². The molecule has 0 aliphatic carbocycles. The summed E-state index contributed by atoms with van der Waals surface area (Å²) in [6.07, 6.45) is 1.64. The summed E-state index contributed by atoms with van der Waals surface area (Å²) in [5, 5.41) is 7.89. The summed E-state index contributed by atoms with van der Waals surface area (Å²) in [6.45, 7) is 2.64. The average Bonchev–Trinajstić information content (AvgIpc) is 3.25. The number of nitrogens with one attached hydrogen (secondary N) is 1. The first-order chi connectivity index (χ1) is 15.8. The number of sulfonamides is 1. The molecular weight excluding hydrogens is 438 g/mol. The molecule has 1 N–H and O–H groups in total. The number of hydrogen-bond donors (Lipinski definition) is 1. The monoisotopic (exact) mass is 463 g/mol. The highest BCUT2D eigenvalue weighted by atomic mass is 32.2. The van der Waals surface area contributed by atoms with Gasteiger partial charge in [-0.25, -0.2) is 22.4 Å². The van der Waals surface area contributed by atoms with Gasteiger partial charge in [0.2, 0.25) is 10.0 Å². The van der Waals surface area contributed by atoms with E-state index in [-0.39, 0.29) is 17.3 Å². The first kappa shape index (κ1) is 22.6. The zero-order valence-corrected chi connectivity index (χ0v) is 19.5. The molecule has 4 aromatic rings. The van der Waals surface area contributed by atoms with Crippen LogP contribution in [0.4, 0.5) is 0 Å². The van der Waals surface area contributed by atoms with Crippen LogP contribution in [0.5, 0.6) is 0 Å². The molecule has 2 heterocycles. The highest BCUT2D eigenvalue weighted by Gasteiger charge is 2.22. The van der Waals surface area contributed by atoms with Gasteiger partial charge in [-0.05, 0) is 24.6 Å². The molecule has 0 unspecified atom stereocenters. The maximum absolute atomic E-state index is 13.3. The Balaban J connectivity index is 1.71. The Labute approximate surface area is 192 Å². The number of pyridine rings is 1. The lowest BCUT2D eigenvalue weighted by atomic mass is 10.1. The Morgan fingerprint density at radius 1 is 1.06 bits per heavy atom. The van der Waals surface area contributed by atoms with E-state index in [2.05, 4.69) is 10.4 Å². The number of aromatic nitrogens is 3. The molecule has 0 radical (unpaired) electrons. The Morgan fingerprint density at radius 2 is 1.76 bits per heavy atom. The van der Waals surface area contributed by atoms with E-state index in [1.807, 2.05) is 37.3 Å². The highest BCUT2D eigenvalue weighted by molar-refractivity contribution is 7.89. The lowest BCUT2D eigenvalue weighted by Gasteiger charge is -2.15. The smallest absolute Gasteiger partial charge is 0.252 e. The molecule has 0 aliphatic rings. The van der Waals surface area contributed by atoms with E-state index in [1.165, 1.54) is 14.1 Å². The molecule has 0 aliphatic heterocycles. The Bertz CT molecular complexity index is 1410. The molecule has 0 bridgehead atoms. The van der Waals surface area contributed by atoms with Crippen LogP contribution in [-0.2, 0) is 23.1 Å². The van der Waals surface area contributed by atoms with Crippen molar-refractivity contribution in [1.82, 2.24) is 24.4 Å². The summed E-state index contributed by atoms with van der Waals surface area (Å²) in [5.74, 6) is -0.327. The Kier molecular flexibility index (Phi) is 6.26. The van der Waals surface area contributed by atoms with Crippen molar-refractivity contribution in [3.8, 4) is 11.3 Å². The van der Waals surface area contributed by atoms with Crippen LogP contribution >= 0.6 is 0 Å². The van der Waals surface area contributed by atoms with Gasteiger partial charge in [0.1, 0.15) is 0 Å². The number of hydrogen-bond acceptors (Lipinski definition) is 5. The van der Waals surface area contributed by atoms with Gasteiger partial charge >= 0.3 is 0 Å². The molecular formula is C24H25N5O3S. The molecule has 4 rings (SSSR count). The normalized spacial score (nSPS) is 11.8. The molecule has 33 heavy (non-hydrogen) atoms. The zero-order valence-electron chi connectivity index (χ0n) is 18.7. The van der Waals surface area contributed by atoms with E-state index in [1.54, 1.807) is 41.2 Å². The standard InChI is InChI=1S/C24H25N5O3S/c1-4-29-23-20(16-26-29)19(14-21(27-23)17-10-6-5-7-11-17)24(30)25-15-18-12-8-9-13-22(18)33(31,32)28(2)3/h5-14,16H,4,15H2,1-3H3,(H,25,30). The van der Waals surface area contributed by atoms with Crippen molar-refractivity contribution in [3.05, 3.63) is 78.0 Å². The summed E-state index contributed by atoms with van der Waals surface area (Å²) < 4.78 is 28.3. The molecule has 0 saturated heterocycles. The molecule has 0 atom stereocenters. The summed E-state index contributed by atoms with van der Waals surface area (Å²) in [6, 6.07) is 18.0. The predicted octanol–water partition coefficient (Wildman–Crippen LogP) is 3.30. The zero-order chi connectivity index (χ0) is 23.6. The van der Waals surface area contributed by atoms with Crippen molar-refractivity contribution >= 4 is 27.0 Å². The number of amides is 1. The van der Waals surface area contributed by atoms with Crippen LogP contribution in [0.1, 0.15) is 22.8 Å². The number of fused-ring (bicyclic) bond motifs is 1. The topological polar surface area (TPSA) is 97.2 Å². The minimum absolute atomic E-state index is 0.0640. The van der Waals surface area contributed by atoms with Crippen molar-refractivity contribution < 1.29 is 13.2 Å². The highest BCUT2D eigenvalue weighted by Crippen LogP contribution is 2.25. The molecule has 2 aromatic carbocycles. The molecule has 170 valence electrons. The van der Waals surface area contributed by atoms with E-state index in [0.29, 0.717) is 34.4 Å². The van der Waals surface area contributed by atoms with Gasteiger partial charge in [0.05, 0.1) is 27.7 Å². The average molecular weight is 464 g/mol. The first-order valence-corrected chi connectivity index (χ1v) is 12.0. The lowest BCUT2D eigenvalue weighted by Crippen LogP contribution is -2.27. The van der Waals surface area contributed by atoms with Crippen molar-refractivity contribution in [2.45, 2.75) is 24.9 Å². The Morgan fingerprint density at radius 3 is 2.45 bits per heavy atom. The third-order valence-corrected chi connectivity index (χ3v) is 7.31. The second kappa shape index (κ2) is 9.13. The number of benzene rings is 2. The molecule has 0 spiro atoms. The molecule has 1 amide bonds. The van der Waals surface area contributed by atoms with Crippen LogP contribution in [0, 0.1) is 0 Å². The van der Waals surface area contributed by atoms with Gasteiger partial charge in [-0.2, -0.15) is 5.10 Å². The fraction of sp³-hybridized carbons (Fsp3) is 0.208. The Hall–Kier alpha value is -3.56. The summed E-state index contributed by atoms with van der Waals surface area (Å²) in [7, 11) is -0.677. The van der Waals surface area contributed by atoms with Crippen LogP contribution in [0.25, 0.3) is 22.3 Å². The minimum Gasteiger partial charge on any atom is -0.348 e. The van der Waals surface area contributed by atoms with Gasteiger partial charge in [-0.3, -0.25) is 4.79 Å². The van der Waals surface area contributed by atoms with Crippen molar-refractivity contribution in [2.24, 2.45) is 0 Å². The van der Waals surface area contributed by atoms with Gasteiger partial charge < -0.3 is 5.32 Å². The van der Waals surface area contributed by atoms with Crippen molar-refractivity contribution in [1.29, 1.82) is 0 Å². The summed E-state index contributed by atoms with van der Waals surface area (Å²) >= 11 is 0. The van der Waals surface area contributed by atoms with Crippen LogP contribution < -0.4 is 5.32 Å². The van der Waals surface area contributed by atoms with E-state index >= 15 is 0 Å². The molecule has 2 aromatic heterocycles. The van der Waals surface area contributed by atoms with E-state index < -0.39 is 10.0 Å². The SMILES string of the molecule is CCn1ncc2c(C(=O)NCc3ccccc3S(=O)(=O)N(C)C)cc(-c3ccccc3)nc21. The van der Waals surface area contributed by atoms with Gasteiger partial charge in [0, 0.05) is 32.7 Å². The van der Waals surface area contributed by atoms with Crippen LogP contribution in [0.15, 0.2) is 71.8 Å². The fourth-order valence-corrected chi connectivity index (χ4v) is 4.71. The lowest BCUT2D eigenvalue weighted by molar-refractivity contribution is 0.0952. The first-order valence-electron chi connectivity index (χ1n) is 10.5. The number of carbonyl (C=O) groups excluding carboxylic acids is 1. The minimum atomic E-state index is -3.64. The number of rotatable bonds is 7. The molecule has 0 saturated carbocycles. The third-order valence-electron chi connectivity index (χ3n) is 5.39. The number of carbonyl (C=O) groups is 1. The quantitative estimate of drug-likeness (QED) is 0.454.